The van der Waals surface area contributed by atoms with Crippen molar-refractivity contribution in [3.63, 3.8) is 0 Å². The second-order valence-corrected chi connectivity index (χ2v) is 12.8. The molecule has 1 aromatic rings. The Morgan fingerprint density at radius 1 is 1.18 bits per heavy atom. The number of rotatable bonds is 10. The summed E-state index contributed by atoms with van der Waals surface area (Å²) in [5.41, 5.74) is 4.65. The van der Waals surface area contributed by atoms with Gasteiger partial charge in [0.05, 0.1) is 18.3 Å². The molecule has 10 nitrogen and oxygen atoms in total. The van der Waals surface area contributed by atoms with E-state index in [1.165, 1.54) is 6.20 Å². The van der Waals surface area contributed by atoms with Crippen LogP contribution in [0.2, 0.25) is 0 Å². The molecule has 210 valence electrons. The molecular formula is C28H43N5O5. The standard InChI is InChI=1S/C28H43N5O5/c1-16(2)15-37-25-21(14-30-33(25)8-7-27(5,6)32-23(34)17(3)4)24(35)31-22-19-9-18-10-20(22)13-28(11-18,12-19)38-26(29)36/h7-8,14,16-20,22H,9-13,15H2,1-6H3,(H2,29,36)(H,31,35)(H,32,34)/b8-7+/t18?,19?,20?,22-,28+. The molecule has 1 aromatic heterocycles. The van der Waals surface area contributed by atoms with E-state index >= 15 is 0 Å². The maximum absolute atomic E-state index is 13.6. The van der Waals surface area contributed by atoms with E-state index < -0.39 is 17.2 Å². The molecule has 0 aliphatic heterocycles. The molecule has 4 aliphatic rings. The van der Waals surface area contributed by atoms with E-state index in [9.17, 15) is 14.4 Å². The van der Waals surface area contributed by atoms with Crippen molar-refractivity contribution in [3.05, 3.63) is 17.8 Å². The summed E-state index contributed by atoms with van der Waals surface area (Å²) >= 11 is 0. The summed E-state index contributed by atoms with van der Waals surface area (Å²) in [4.78, 5) is 37.3. The van der Waals surface area contributed by atoms with Gasteiger partial charge < -0.3 is 25.8 Å². The number of amides is 3. The smallest absolute Gasteiger partial charge is 0.405 e. The minimum absolute atomic E-state index is 0.00525. The van der Waals surface area contributed by atoms with Crippen LogP contribution in [-0.4, -0.2) is 51.5 Å². The molecule has 3 amide bonds. The monoisotopic (exact) mass is 529 g/mol. The molecule has 4 saturated carbocycles. The Kier molecular flexibility index (Phi) is 7.81. The van der Waals surface area contributed by atoms with Gasteiger partial charge >= 0.3 is 6.09 Å². The number of nitrogens with one attached hydrogen (secondary N) is 2. The molecule has 0 spiro atoms. The van der Waals surface area contributed by atoms with Crippen molar-refractivity contribution in [2.45, 2.75) is 90.8 Å². The molecule has 4 aliphatic carbocycles. The van der Waals surface area contributed by atoms with Crippen LogP contribution >= 0.6 is 0 Å². The Morgan fingerprint density at radius 3 is 2.42 bits per heavy atom. The first-order valence-electron chi connectivity index (χ1n) is 13.8. The number of hydrogen-bond acceptors (Lipinski definition) is 6. The molecule has 4 fully saturated rings. The third-order valence-corrected chi connectivity index (χ3v) is 7.98. The van der Waals surface area contributed by atoms with Crippen molar-refractivity contribution in [2.75, 3.05) is 6.61 Å². The molecule has 10 heteroatoms. The van der Waals surface area contributed by atoms with E-state index in [0.29, 0.717) is 24.0 Å². The van der Waals surface area contributed by atoms with Crippen LogP contribution in [0, 0.1) is 29.6 Å². The van der Waals surface area contributed by atoms with Crippen LogP contribution in [0.15, 0.2) is 12.3 Å². The molecule has 0 radical (unpaired) electrons. The van der Waals surface area contributed by atoms with E-state index in [-0.39, 0.29) is 41.5 Å². The summed E-state index contributed by atoms with van der Waals surface area (Å²) < 4.78 is 13.2. The van der Waals surface area contributed by atoms with Crippen LogP contribution in [0.4, 0.5) is 4.79 Å². The van der Waals surface area contributed by atoms with Gasteiger partial charge in [-0.15, -0.1) is 0 Å². The quantitative estimate of drug-likeness (QED) is 0.422. The Balaban J connectivity index is 1.51. The molecular weight excluding hydrogens is 486 g/mol. The summed E-state index contributed by atoms with van der Waals surface area (Å²) in [6.07, 6.45) is 8.72. The van der Waals surface area contributed by atoms with Crippen LogP contribution in [0.25, 0.3) is 6.20 Å². The van der Waals surface area contributed by atoms with Crippen LogP contribution in [0.3, 0.4) is 0 Å². The summed E-state index contributed by atoms with van der Waals surface area (Å²) in [6.45, 7) is 12.0. The fourth-order valence-electron chi connectivity index (χ4n) is 6.52. The second kappa shape index (κ2) is 10.6. The van der Waals surface area contributed by atoms with Crippen LogP contribution in [-0.2, 0) is 9.53 Å². The molecule has 4 bridgehead atoms. The molecule has 5 rings (SSSR count). The summed E-state index contributed by atoms with van der Waals surface area (Å²) in [6, 6.07) is 0.00525. The predicted molar refractivity (Wildman–Crippen MR) is 143 cm³/mol. The van der Waals surface area contributed by atoms with Crippen molar-refractivity contribution in [3.8, 4) is 5.88 Å². The summed E-state index contributed by atoms with van der Waals surface area (Å²) in [5.74, 6) is 1.21. The lowest BCUT2D eigenvalue weighted by Crippen LogP contribution is -2.63. The normalized spacial score (nSPS) is 28.2. The fourth-order valence-corrected chi connectivity index (χ4v) is 6.52. The number of hydrogen-bond donors (Lipinski definition) is 3. The number of carbonyl (C=O) groups is 3. The van der Waals surface area contributed by atoms with Gasteiger partial charge in [0.25, 0.3) is 5.91 Å². The molecule has 2 unspecified atom stereocenters. The van der Waals surface area contributed by atoms with Crippen LogP contribution < -0.4 is 21.1 Å². The highest BCUT2D eigenvalue weighted by atomic mass is 16.6. The molecule has 38 heavy (non-hydrogen) atoms. The first-order valence-corrected chi connectivity index (χ1v) is 13.8. The van der Waals surface area contributed by atoms with E-state index in [0.717, 1.165) is 32.1 Å². The van der Waals surface area contributed by atoms with E-state index in [2.05, 4.69) is 15.7 Å². The average Bonchev–Trinajstić information content (AvgIpc) is 3.20. The Morgan fingerprint density at radius 2 is 1.84 bits per heavy atom. The third-order valence-electron chi connectivity index (χ3n) is 7.98. The minimum atomic E-state index is -0.716. The highest BCUT2D eigenvalue weighted by molar-refractivity contribution is 5.96. The van der Waals surface area contributed by atoms with Crippen molar-refractivity contribution < 1.29 is 23.9 Å². The lowest BCUT2D eigenvalue weighted by Gasteiger charge is -2.58. The van der Waals surface area contributed by atoms with Gasteiger partial charge in [-0.2, -0.15) is 5.10 Å². The number of ether oxygens (including phenoxy) is 2. The van der Waals surface area contributed by atoms with Gasteiger partial charge in [-0.25, -0.2) is 9.48 Å². The number of nitrogens with two attached hydrogens (primary N) is 1. The first-order chi connectivity index (χ1) is 17.8. The maximum Gasteiger partial charge on any atom is 0.405 e. The number of nitrogens with zero attached hydrogens (tertiary/aromatic N) is 2. The zero-order valence-corrected chi connectivity index (χ0v) is 23.5. The van der Waals surface area contributed by atoms with E-state index in [4.69, 9.17) is 15.2 Å². The zero-order chi connectivity index (χ0) is 27.8. The zero-order valence-electron chi connectivity index (χ0n) is 23.5. The molecule has 2 atom stereocenters. The van der Waals surface area contributed by atoms with Crippen LogP contribution in [0.1, 0.15) is 84.0 Å². The van der Waals surface area contributed by atoms with Crippen molar-refractivity contribution in [1.29, 1.82) is 0 Å². The van der Waals surface area contributed by atoms with Gasteiger partial charge in [0.2, 0.25) is 11.8 Å². The SMILES string of the molecule is CC(C)COc1c(C(=O)N[C@H]2C3CC4CC2C[C@@](OC(N)=O)(C4)C3)cnn1/C=C/C(C)(C)NC(=O)C(C)C. The fraction of sp³-hybridized carbons (Fsp3) is 0.714. The van der Waals surface area contributed by atoms with Gasteiger partial charge in [-0.1, -0.05) is 27.7 Å². The summed E-state index contributed by atoms with van der Waals surface area (Å²) in [7, 11) is 0. The van der Waals surface area contributed by atoms with Crippen molar-refractivity contribution in [2.24, 2.45) is 35.3 Å². The van der Waals surface area contributed by atoms with E-state index in [1.54, 1.807) is 10.9 Å². The van der Waals surface area contributed by atoms with Gasteiger partial charge in [0.1, 0.15) is 11.2 Å². The topological polar surface area (TPSA) is 138 Å². The molecule has 0 aromatic carbocycles. The van der Waals surface area contributed by atoms with Crippen molar-refractivity contribution >= 4 is 24.1 Å². The molecule has 0 saturated heterocycles. The molecule has 4 N–H and O–H groups in total. The second-order valence-electron chi connectivity index (χ2n) is 12.8. The van der Waals surface area contributed by atoms with Crippen molar-refractivity contribution in [1.82, 2.24) is 20.4 Å². The van der Waals surface area contributed by atoms with Crippen LogP contribution in [0.5, 0.6) is 5.88 Å². The largest absolute Gasteiger partial charge is 0.477 e. The number of carbonyl (C=O) groups excluding carboxylic acids is 3. The molecule has 1 heterocycles. The lowest BCUT2D eigenvalue weighted by molar-refractivity contribution is -0.137. The third kappa shape index (κ3) is 6.15. The first kappa shape index (κ1) is 28.0. The average molecular weight is 530 g/mol. The Labute approximate surface area is 225 Å². The maximum atomic E-state index is 13.6. The Bertz CT molecular complexity index is 1080. The predicted octanol–water partition coefficient (Wildman–Crippen LogP) is 3.71. The number of aromatic nitrogens is 2. The van der Waals surface area contributed by atoms with Gasteiger partial charge in [0.15, 0.2) is 0 Å². The lowest BCUT2D eigenvalue weighted by atomic mass is 9.52. The van der Waals surface area contributed by atoms with Gasteiger partial charge in [-0.05, 0) is 75.7 Å². The highest BCUT2D eigenvalue weighted by Crippen LogP contribution is 2.57. The minimum Gasteiger partial charge on any atom is -0.477 e. The summed E-state index contributed by atoms with van der Waals surface area (Å²) in [5, 5.41) is 10.7. The Hall–Kier alpha value is -3.04. The highest BCUT2D eigenvalue weighted by Gasteiger charge is 2.57. The van der Waals surface area contributed by atoms with Gasteiger partial charge in [-0.3, -0.25) is 9.59 Å². The number of primary amides is 1. The van der Waals surface area contributed by atoms with Gasteiger partial charge in [0, 0.05) is 18.2 Å². The van der Waals surface area contributed by atoms with E-state index in [1.807, 2.05) is 47.6 Å².